The Morgan fingerprint density at radius 3 is 2.80 bits per heavy atom. The molecule has 0 saturated carbocycles. The maximum atomic E-state index is 11.1. The Labute approximate surface area is 95.2 Å². The second-order valence-electron chi connectivity index (χ2n) is 3.25. The van der Waals surface area contributed by atoms with Gasteiger partial charge in [0.2, 0.25) is 0 Å². The maximum Gasteiger partial charge on any atom is 0.322 e. The van der Waals surface area contributed by atoms with Crippen LogP contribution in [0.3, 0.4) is 0 Å². The minimum Gasteiger partial charge on any atom is -0.468 e. The van der Waals surface area contributed by atoms with E-state index in [1.807, 2.05) is 24.3 Å². The molecule has 0 aromatic heterocycles. The number of hydrogen-bond donors (Lipinski definition) is 2. The van der Waals surface area contributed by atoms with Crippen molar-refractivity contribution in [1.82, 2.24) is 5.32 Å². The average molecular weight is 225 g/mol. The standard InChI is InChI=1S/C11H15NO2S/c1-8(11(13)14-2)12-7-9-5-3-4-6-10(9)15/h3-6,8,12,15H,7H2,1-2H3/t8-/m0/s1. The molecule has 0 unspecified atom stereocenters. The normalized spacial score (nSPS) is 12.2. The quantitative estimate of drug-likeness (QED) is 0.604. The summed E-state index contributed by atoms with van der Waals surface area (Å²) in [5.41, 5.74) is 1.07. The van der Waals surface area contributed by atoms with Crippen LogP contribution in [0.2, 0.25) is 0 Å². The summed E-state index contributed by atoms with van der Waals surface area (Å²) in [5, 5.41) is 3.07. The largest absolute Gasteiger partial charge is 0.468 e. The van der Waals surface area contributed by atoms with Crippen molar-refractivity contribution < 1.29 is 9.53 Å². The first kappa shape index (κ1) is 12.1. The van der Waals surface area contributed by atoms with Crippen LogP contribution < -0.4 is 5.32 Å². The van der Waals surface area contributed by atoms with E-state index in [-0.39, 0.29) is 12.0 Å². The van der Waals surface area contributed by atoms with E-state index in [4.69, 9.17) is 0 Å². The zero-order valence-corrected chi connectivity index (χ0v) is 9.75. The van der Waals surface area contributed by atoms with Crippen molar-refractivity contribution in [3.8, 4) is 0 Å². The van der Waals surface area contributed by atoms with Crippen molar-refractivity contribution >= 4 is 18.6 Å². The fraction of sp³-hybridized carbons (Fsp3) is 0.364. The fourth-order valence-electron chi connectivity index (χ4n) is 1.18. The molecular formula is C11H15NO2S. The third-order valence-electron chi connectivity index (χ3n) is 2.15. The number of thiol groups is 1. The van der Waals surface area contributed by atoms with Crippen LogP contribution in [0, 0.1) is 0 Å². The smallest absolute Gasteiger partial charge is 0.322 e. The molecule has 0 aliphatic heterocycles. The molecule has 1 rings (SSSR count). The van der Waals surface area contributed by atoms with Crippen LogP contribution in [0.25, 0.3) is 0 Å². The zero-order chi connectivity index (χ0) is 11.3. The predicted octanol–water partition coefficient (Wildman–Crippen LogP) is 1.63. The molecule has 0 aliphatic rings. The Hall–Kier alpha value is -1.00. The molecule has 1 atom stereocenters. The van der Waals surface area contributed by atoms with Gasteiger partial charge < -0.3 is 10.1 Å². The van der Waals surface area contributed by atoms with Crippen LogP contribution in [0.4, 0.5) is 0 Å². The van der Waals surface area contributed by atoms with Gasteiger partial charge in [-0.3, -0.25) is 4.79 Å². The summed E-state index contributed by atoms with van der Waals surface area (Å²) in [6.07, 6.45) is 0. The molecule has 0 saturated heterocycles. The van der Waals surface area contributed by atoms with Crippen molar-refractivity contribution in [1.29, 1.82) is 0 Å². The van der Waals surface area contributed by atoms with Crippen molar-refractivity contribution in [2.75, 3.05) is 7.11 Å². The van der Waals surface area contributed by atoms with E-state index in [0.717, 1.165) is 10.5 Å². The van der Waals surface area contributed by atoms with Gasteiger partial charge >= 0.3 is 5.97 Å². The number of methoxy groups -OCH3 is 1. The van der Waals surface area contributed by atoms with Gasteiger partial charge in [-0.05, 0) is 18.6 Å². The van der Waals surface area contributed by atoms with Crippen LogP contribution in [0.5, 0.6) is 0 Å². The van der Waals surface area contributed by atoms with E-state index in [2.05, 4.69) is 22.7 Å². The van der Waals surface area contributed by atoms with Crippen molar-refractivity contribution in [3.63, 3.8) is 0 Å². The monoisotopic (exact) mass is 225 g/mol. The van der Waals surface area contributed by atoms with E-state index in [1.54, 1.807) is 6.92 Å². The molecule has 82 valence electrons. The van der Waals surface area contributed by atoms with Crippen LogP contribution in [-0.4, -0.2) is 19.1 Å². The molecule has 4 heteroatoms. The molecule has 1 N–H and O–H groups in total. The van der Waals surface area contributed by atoms with E-state index in [9.17, 15) is 4.79 Å². The van der Waals surface area contributed by atoms with E-state index >= 15 is 0 Å². The summed E-state index contributed by atoms with van der Waals surface area (Å²) in [6.45, 7) is 2.38. The third-order valence-corrected chi connectivity index (χ3v) is 2.58. The number of benzene rings is 1. The minimum absolute atomic E-state index is 0.258. The lowest BCUT2D eigenvalue weighted by molar-refractivity contribution is -0.142. The van der Waals surface area contributed by atoms with Gasteiger partial charge in [-0.1, -0.05) is 18.2 Å². The van der Waals surface area contributed by atoms with E-state index in [1.165, 1.54) is 7.11 Å². The summed E-state index contributed by atoms with van der Waals surface area (Å²) >= 11 is 4.32. The molecule has 15 heavy (non-hydrogen) atoms. The van der Waals surface area contributed by atoms with E-state index in [0.29, 0.717) is 6.54 Å². The summed E-state index contributed by atoms with van der Waals surface area (Å²) in [4.78, 5) is 12.0. The lowest BCUT2D eigenvalue weighted by Gasteiger charge is -2.12. The van der Waals surface area contributed by atoms with Crippen molar-refractivity contribution in [2.45, 2.75) is 24.4 Å². The van der Waals surface area contributed by atoms with Crippen molar-refractivity contribution in [3.05, 3.63) is 29.8 Å². The lowest BCUT2D eigenvalue weighted by Crippen LogP contribution is -2.34. The van der Waals surface area contributed by atoms with Gasteiger partial charge in [0.15, 0.2) is 0 Å². The van der Waals surface area contributed by atoms with Crippen LogP contribution in [0.1, 0.15) is 12.5 Å². The van der Waals surface area contributed by atoms with Gasteiger partial charge in [0, 0.05) is 11.4 Å². The maximum absolute atomic E-state index is 11.1. The second-order valence-corrected chi connectivity index (χ2v) is 3.74. The van der Waals surface area contributed by atoms with Crippen molar-refractivity contribution in [2.24, 2.45) is 0 Å². The van der Waals surface area contributed by atoms with Gasteiger partial charge in [0.25, 0.3) is 0 Å². The SMILES string of the molecule is COC(=O)[C@H](C)NCc1ccccc1S. The first-order valence-corrected chi connectivity index (χ1v) is 5.18. The van der Waals surface area contributed by atoms with E-state index < -0.39 is 0 Å². The Balaban J connectivity index is 2.50. The summed E-state index contributed by atoms with van der Waals surface area (Å²) in [6, 6.07) is 7.46. The first-order valence-electron chi connectivity index (χ1n) is 4.73. The van der Waals surface area contributed by atoms with Gasteiger partial charge in [0.1, 0.15) is 6.04 Å². The molecule has 0 fully saturated rings. The number of nitrogens with one attached hydrogen (secondary N) is 1. The molecule has 0 aliphatic carbocycles. The van der Waals surface area contributed by atoms with Gasteiger partial charge in [-0.2, -0.15) is 0 Å². The summed E-state index contributed by atoms with van der Waals surface area (Å²) in [7, 11) is 1.38. The molecule has 0 spiro atoms. The highest BCUT2D eigenvalue weighted by atomic mass is 32.1. The number of rotatable bonds is 4. The molecule has 0 amide bonds. The third kappa shape index (κ3) is 3.57. The second kappa shape index (κ2) is 5.78. The van der Waals surface area contributed by atoms with Crippen LogP contribution in [-0.2, 0) is 16.1 Å². The van der Waals surface area contributed by atoms with Gasteiger partial charge in [0.05, 0.1) is 7.11 Å². The topological polar surface area (TPSA) is 38.3 Å². The Morgan fingerprint density at radius 1 is 1.53 bits per heavy atom. The molecule has 0 heterocycles. The molecule has 1 aromatic rings. The summed E-state index contributed by atoms with van der Waals surface area (Å²) < 4.78 is 4.61. The number of carbonyl (C=O) groups is 1. The average Bonchev–Trinajstić information content (AvgIpc) is 2.26. The highest BCUT2D eigenvalue weighted by Gasteiger charge is 2.11. The number of carbonyl (C=O) groups excluding carboxylic acids is 1. The molecular weight excluding hydrogens is 210 g/mol. The first-order chi connectivity index (χ1) is 7.15. The Morgan fingerprint density at radius 2 is 2.20 bits per heavy atom. The van der Waals surface area contributed by atoms with Gasteiger partial charge in [-0.25, -0.2) is 0 Å². The molecule has 0 bridgehead atoms. The lowest BCUT2D eigenvalue weighted by atomic mass is 10.2. The number of esters is 1. The zero-order valence-electron chi connectivity index (χ0n) is 8.86. The molecule has 0 radical (unpaired) electrons. The summed E-state index contributed by atoms with van der Waals surface area (Å²) in [5.74, 6) is -0.258. The van der Waals surface area contributed by atoms with Crippen LogP contribution >= 0.6 is 12.6 Å². The molecule has 3 nitrogen and oxygen atoms in total. The highest BCUT2D eigenvalue weighted by molar-refractivity contribution is 7.80. The number of ether oxygens (including phenoxy) is 1. The minimum atomic E-state index is -0.303. The number of hydrogen-bond acceptors (Lipinski definition) is 4. The van der Waals surface area contributed by atoms with Gasteiger partial charge in [-0.15, -0.1) is 12.6 Å². The fourth-order valence-corrected chi connectivity index (χ4v) is 1.42. The Kier molecular flexibility index (Phi) is 4.65. The Bertz CT molecular complexity index is 341. The molecule has 1 aromatic carbocycles. The van der Waals surface area contributed by atoms with Crippen LogP contribution in [0.15, 0.2) is 29.2 Å². The highest BCUT2D eigenvalue weighted by Crippen LogP contribution is 2.12. The predicted molar refractivity (Wildman–Crippen MR) is 62.0 cm³/mol.